The number of esters is 1. The molecule has 3 fully saturated rings. The van der Waals surface area contributed by atoms with E-state index < -0.39 is 23.2 Å². The number of benzene rings is 2. The Labute approximate surface area is 362 Å². The molecule has 0 radical (unpaired) electrons. The van der Waals surface area contributed by atoms with E-state index in [9.17, 15) is 28.8 Å². The molecule has 7 rings (SSSR count). The number of nitrogens with one attached hydrogen (secondary N) is 1. The number of ether oxygens (including phenoxy) is 3. The normalized spacial score (nSPS) is 16.7. The van der Waals surface area contributed by atoms with Crippen molar-refractivity contribution >= 4 is 69.3 Å². The number of fused-ring (bicyclic) bond motifs is 2. The first-order chi connectivity index (χ1) is 29.3. The summed E-state index contributed by atoms with van der Waals surface area (Å²) < 4.78 is 20.1. The van der Waals surface area contributed by atoms with Crippen LogP contribution in [0.2, 0.25) is 0 Å². The third-order valence-electron chi connectivity index (χ3n) is 11.2. The average Bonchev–Trinajstić information content (AvgIpc) is 3.86. The lowest BCUT2D eigenvalue weighted by Crippen LogP contribution is -2.49. The Kier molecular flexibility index (Phi) is 13.7. The van der Waals surface area contributed by atoms with Crippen LogP contribution in [0.4, 0.5) is 30.6 Å². The van der Waals surface area contributed by atoms with Crippen molar-refractivity contribution in [3.63, 3.8) is 0 Å². The molecule has 0 saturated carbocycles. The van der Waals surface area contributed by atoms with Gasteiger partial charge in [-0.25, -0.2) is 19.2 Å². The zero-order valence-electron chi connectivity index (χ0n) is 36.8. The maximum Gasteiger partial charge on any atom is 0.410 e. The molecule has 334 valence electrons. The maximum atomic E-state index is 12.3. The highest BCUT2D eigenvalue weighted by Crippen LogP contribution is 2.35. The van der Waals surface area contributed by atoms with Gasteiger partial charge >= 0.3 is 30.2 Å². The number of carbonyl (C=O) groups excluding carboxylic acids is 6. The number of nitrogens with zero attached hydrogens (tertiary/aromatic N) is 6. The monoisotopic (exact) mass is 856 g/mol. The molecule has 0 aliphatic carbocycles. The van der Waals surface area contributed by atoms with E-state index in [0.29, 0.717) is 44.8 Å². The summed E-state index contributed by atoms with van der Waals surface area (Å²) in [7, 11) is 1.31. The molecule has 0 spiro atoms. The topological polar surface area (TPSA) is 191 Å². The fraction of sp³-hybridized carbons (Fsp3) is 0.511. The highest BCUT2D eigenvalue weighted by Gasteiger charge is 2.31. The second kappa shape index (κ2) is 18.8. The number of aromatic nitrogens is 2. The molecule has 0 bridgehead atoms. The molecule has 2 aromatic heterocycles. The first-order valence-electron chi connectivity index (χ1n) is 21.2. The molecule has 0 unspecified atom stereocenters. The largest absolute Gasteiger partial charge is 0.469 e. The van der Waals surface area contributed by atoms with Gasteiger partial charge in [-0.05, 0) is 104 Å². The van der Waals surface area contributed by atoms with Crippen molar-refractivity contribution in [2.75, 3.05) is 56.2 Å². The molecule has 17 heteroatoms. The van der Waals surface area contributed by atoms with Gasteiger partial charge in [0.25, 0.3) is 0 Å². The van der Waals surface area contributed by atoms with Gasteiger partial charge in [0.1, 0.15) is 11.2 Å². The number of piperidine rings is 2. The zero-order valence-corrected chi connectivity index (χ0v) is 36.8. The van der Waals surface area contributed by atoms with Crippen LogP contribution in [0, 0.1) is 0 Å². The fourth-order valence-corrected chi connectivity index (χ4v) is 8.21. The molecule has 4 aromatic rings. The Morgan fingerprint density at radius 3 is 1.71 bits per heavy atom. The van der Waals surface area contributed by atoms with Crippen LogP contribution in [0.5, 0.6) is 0 Å². The van der Waals surface area contributed by atoms with Crippen LogP contribution in [-0.4, -0.2) is 113 Å². The lowest BCUT2D eigenvalue weighted by Gasteiger charge is -2.34. The summed E-state index contributed by atoms with van der Waals surface area (Å²) >= 11 is 0. The summed E-state index contributed by atoms with van der Waals surface area (Å²) in [6.07, 6.45) is 7.15. The van der Waals surface area contributed by atoms with Crippen LogP contribution >= 0.6 is 0 Å². The van der Waals surface area contributed by atoms with Gasteiger partial charge in [0, 0.05) is 80.9 Å². The summed E-state index contributed by atoms with van der Waals surface area (Å²) in [4.78, 5) is 78.6. The minimum Gasteiger partial charge on any atom is -0.469 e. The van der Waals surface area contributed by atoms with E-state index in [1.807, 2.05) is 96.3 Å². The summed E-state index contributed by atoms with van der Waals surface area (Å²) in [5.74, 6) is -0.643. The SMILES string of the molecule is CC(C)(C)OC(=O)N1CCC(n2ccc3c(N4CCC(=O)NC4=O)cccc32)CC1.COC(=O)CCN(C(N)=O)c1cccc2c1ccn2C1CCN(C(=O)OC(C)(C)C)CC1. The predicted octanol–water partition coefficient (Wildman–Crippen LogP) is 7.32. The number of amides is 7. The van der Waals surface area contributed by atoms with Crippen LogP contribution in [0.15, 0.2) is 60.9 Å². The molecule has 3 aliphatic rings. The van der Waals surface area contributed by atoms with Gasteiger partial charge in [-0.15, -0.1) is 0 Å². The van der Waals surface area contributed by atoms with Gasteiger partial charge in [0.15, 0.2) is 0 Å². The maximum absolute atomic E-state index is 12.3. The standard InChI is InChI=1S/C23H32N4O5.C22H28N4O4/c1-23(2,3)32-22(30)25-12-8-16(9-13-25)26-14-10-17-18(26)6-5-7-19(17)27(21(24)29)15-11-20(28)31-4;1-22(2,3)30-21(29)24-11-7-15(8-12-24)25-13-9-16-17(25)5-4-6-18(16)26-14-10-19(27)23-20(26)28/h5-7,10,14,16H,8-9,11-13,15H2,1-4H3,(H2,24,29);4-6,9,13,15H,7-8,10-12,14H2,1-3H3,(H,23,27,28). The minimum atomic E-state index is -0.625. The number of carbonyl (C=O) groups is 6. The van der Waals surface area contributed by atoms with Gasteiger partial charge in [-0.1, -0.05) is 12.1 Å². The highest BCUT2D eigenvalue weighted by atomic mass is 16.6. The number of rotatable bonds is 7. The molecule has 2 aromatic carbocycles. The lowest BCUT2D eigenvalue weighted by molar-refractivity contribution is -0.140. The summed E-state index contributed by atoms with van der Waals surface area (Å²) in [5, 5.41) is 4.25. The molecule has 3 saturated heterocycles. The highest BCUT2D eigenvalue weighted by molar-refractivity contribution is 6.09. The fourth-order valence-electron chi connectivity index (χ4n) is 8.21. The van der Waals surface area contributed by atoms with Crippen molar-refractivity contribution in [1.29, 1.82) is 0 Å². The molecule has 7 amide bonds. The summed E-state index contributed by atoms with van der Waals surface area (Å²) in [6, 6.07) is 15.1. The van der Waals surface area contributed by atoms with Gasteiger partial charge in [0.05, 0.1) is 35.9 Å². The number of imide groups is 1. The smallest absolute Gasteiger partial charge is 0.410 e. The Hall–Kier alpha value is -6.26. The van der Waals surface area contributed by atoms with E-state index in [1.54, 1.807) is 14.7 Å². The number of anilines is 2. The van der Waals surface area contributed by atoms with Crippen LogP contribution in [0.1, 0.15) is 92.2 Å². The van der Waals surface area contributed by atoms with E-state index in [4.69, 9.17) is 15.2 Å². The third kappa shape index (κ3) is 10.8. The summed E-state index contributed by atoms with van der Waals surface area (Å²) in [6.45, 7) is 14.3. The summed E-state index contributed by atoms with van der Waals surface area (Å²) in [5.41, 5.74) is 8.08. The molecule has 62 heavy (non-hydrogen) atoms. The van der Waals surface area contributed by atoms with Crippen molar-refractivity contribution < 1.29 is 43.0 Å². The van der Waals surface area contributed by atoms with Gasteiger partial charge < -0.3 is 38.9 Å². The van der Waals surface area contributed by atoms with E-state index >= 15 is 0 Å². The number of methoxy groups -OCH3 is 1. The Balaban J connectivity index is 0.000000207. The number of likely N-dealkylation sites (tertiary alicyclic amines) is 2. The van der Waals surface area contributed by atoms with Crippen LogP contribution in [-0.2, 0) is 23.8 Å². The molecule has 17 nitrogen and oxygen atoms in total. The minimum absolute atomic E-state index is 0.0552. The van der Waals surface area contributed by atoms with Crippen LogP contribution < -0.4 is 20.9 Å². The molecule has 3 N–H and O–H groups in total. The number of hydrogen-bond acceptors (Lipinski definition) is 9. The van der Waals surface area contributed by atoms with E-state index in [-0.39, 0.29) is 49.2 Å². The van der Waals surface area contributed by atoms with Crippen molar-refractivity contribution in [1.82, 2.24) is 24.3 Å². The van der Waals surface area contributed by atoms with E-state index in [0.717, 1.165) is 53.2 Å². The van der Waals surface area contributed by atoms with E-state index in [2.05, 4.69) is 25.4 Å². The number of nitrogens with two attached hydrogens (primary N) is 1. The average molecular weight is 857 g/mol. The molecule has 3 aliphatic heterocycles. The first kappa shape index (κ1) is 45.3. The number of hydrogen-bond donors (Lipinski definition) is 2. The molecule has 5 heterocycles. The number of primary amides is 1. The van der Waals surface area contributed by atoms with Gasteiger partial charge in [0.2, 0.25) is 5.91 Å². The third-order valence-corrected chi connectivity index (χ3v) is 11.2. The van der Waals surface area contributed by atoms with Gasteiger partial charge in [-0.3, -0.25) is 24.7 Å². The second-order valence-corrected chi connectivity index (χ2v) is 17.8. The van der Waals surface area contributed by atoms with Crippen LogP contribution in [0.25, 0.3) is 21.8 Å². The predicted molar refractivity (Wildman–Crippen MR) is 235 cm³/mol. The molecular formula is C45H60N8O9. The zero-order chi connectivity index (χ0) is 44.9. The quantitative estimate of drug-likeness (QED) is 0.142. The Morgan fingerprint density at radius 1 is 0.726 bits per heavy atom. The Morgan fingerprint density at radius 2 is 1.23 bits per heavy atom. The molecule has 0 atom stereocenters. The Bertz CT molecular complexity index is 2290. The second-order valence-electron chi connectivity index (χ2n) is 17.8. The first-order valence-corrected chi connectivity index (χ1v) is 21.2. The lowest BCUT2D eigenvalue weighted by atomic mass is 10.0. The van der Waals surface area contributed by atoms with Gasteiger partial charge in [-0.2, -0.15) is 0 Å². The molecular weight excluding hydrogens is 797 g/mol. The van der Waals surface area contributed by atoms with Crippen molar-refractivity contribution in [3.8, 4) is 0 Å². The van der Waals surface area contributed by atoms with Crippen molar-refractivity contribution in [3.05, 3.63) is 60.9 Å². The van der Waals surface area contributed by atoms with Crippen LogP contribution in [0.3, 0.4) is 0 Å². The van der Waals surface area contributed by atoms with Crippen molar-refractivity contribution in [2.24, 2.45) is 5.73 Å². The van der Waals surface area contributed by atoms with Crippen molar-refractivity contribution in [2.45, 2.75) is 103 Å². The number of urea groups is 2. The van der Waals surface area contributed by atoms with E-state index in [1.165, 1.54) is 12.0 Å².